The molecule has 2 N–H and O–H groups in total. The Kier molecular flexibility index (Phi) is 3.53. The van der Waals surface area contributed by atoms with E-state index in [9.17, 15) is 9.90 Å². The van der Waals surface area contributed by atoms with Crippen LogP contribution in [0.2, 0.25) is 5.02 Å². The number of phenols is 1. The Bertz CT molecular complexity index is 646. The number of hydrogen-bond acceptors (Lipinski definition) is 3. The van der Waals surface area contributed by atoms with Gasteiger partial charge in [0.05, 0.1) is 10.6 Å². The van der Waals surface area contributed by atoms with Crippen LogP contribution >= 0.6 is 11.6 Å². The Hall–Kier alpha value is -1.94. The maximum absolute atomic E-state index is 12.2. The third kappa shape index (κ3) is 2.58. The molecule has 2 rings (SSSR count). The van der Waals surface area contributed by atoms with Crippen molar-refractivity contribution >= 4 is 23.2 Å². The first-order valence-electron chi connectivity index (χ1n) is 5.76. The van der Waals surface area contributed by atoms with Gasteiger partial charge < -0.3 is 14.8 Å². The van der Waals surface area contributed by atoms with Gasteiger partial charge in [0.15, 0.2) is 0 Å². The van der Waals surface area contributed by atoms with Gasteiger partial charge in [0.2, 0.25) is 0 Å². The van der Waals surface area contributed by atoms with Gasteiger partial charge >= 0.3 is 0 Å². The number of aromatic hydroxyl groups is 1. The zero-order valence-corrected chi connectivity index (χ0v) is 11.6. The van der Waals surface area contributed by atoms with Crippen molar-refractivity contribution in [2.45, 2.75) is 20.8 Å². The number of aryl methyl sites for hydroxylation is 2. The van der Waals surface area contributed by atoms with Crippen LogP contribution in [-0.2, 0) is 0 Å². The highest BCUT2D eigenvalue weighted by atomic mass is 35.5. The zero-order valence-electron chi connectivity index (χ0n) is 10.9. The lowest BCUT2D eigenvalue weighted by atomic mass is 10.1. The lowest BCUT2D eigenvalue weighted by molar-refractivity contribution is 0.102. The molecule has 0 aliphatic heterocycles. The van der Waals surface area contributed by atoms with Gasteiger partial charge in [0.1, 0.15) is 17.3 Å². The van der Waals surface area contributed by atoms with Crippen LogP contribution in [0.15, 0.2) is 22.6 Å². The quantitative estimate of drug-likeness (QED) is 0.822. The number of hydrogen-bond donors (Lipinski definition) is 2. The maximum atomic E-state index is 12.2. The summed E-state index contributed by atoms with van der Waals surface area (Å²) in [6, 6.07) is 4.50. The number of furan rings is 1. The van der Waals surface area contributed by atoms with E-state index in [0.29, 0.717) is 17.0 Å². The summed E-state index contributed by atoms with van der Waals surface area (Å²) in [6.07, 6.45) is 0. The molecule has 5 heteroatoms. The number of anilines is 1. The smallest absolute Gasteiger partial charge is 0.259 e. The van der Waals surface area contributed by atoms with Crippen molar-refractivity contribution in [3.63, 3.8) is 0 Å². The summed E-state index contributed by atoms with van der Waals surface area (Å²) in [5.41, 5.74) is 1.87. The third-order valence-electron chi connectivity index (χ3n) is 2.99. The summed E-state index contributed by atoms with van der Waals surface area (Å²) >= 11 is 5.79. The number of rotatable bonds is 2. The lowest BCUT2D eigenvalue weighted by Gasteiger charge is -2.06. The minimum atomic E-state index is -0.256. The highest BCUT2D eigenvalue weighted by molar-refractivity contribution is 6.32. The predicted octanol–water partition coefficient (Wildman–Crippen LogP) is 3.82. The van der Waals surface area contributed by atoms with E-state index >= 15 is 0 Å². The predicted molar refractivity (Wildman–Crippen MR) is 74.0 cm³/mol. The van der Waals surface area contributed by atoms with Crippen molar-refractivity contribution in [2.75, 3.05) is 5.32 Å². The Morgan fingerprint density at radius 2 is 1.95 bits per heavy atom. The van der Waals surface area contributed by atoms with Crippen molar-refractivity contribution in [3.8, 4) is 5.75 Å². The van der Waals surface area contributed by atoms with Crippen LogP contribution in [0, 0.1) is 20.8 Å². The van der Waals surface area contributed by atoms with Crippen LogP contribution in [0.1, 0.15) is 27.4 Å². The fourth-order valence-corrected chi connectivity index (χ4v) is 2.09. The molecule has 1 heterocycles. The average molecular weight is 280 g/mol. The molecule has 0 unspecified atom stereocenters. The third-order valence-corrected chi connectivity index (χ3v) is 3.30. The van der Waals surface area contributed by atoms with Crippen molar-refractivity contribution in [3.05, 3.63) is 45.9 Å². The highest BCUT2D eigenvalue weighted by Gasteiger charge is 2.18. The lowest BCUT2D eigenvalue weighted by Crippen LogP contribution is -2.13. The molecule has 4 nitrogen and oxygen atoms in total. The normalized spacial score (nSPS) is 10.5. The second kappa shape index (κ2) is 4.97. The molecular weight excluding hydrogens is 266 g/mol. The number of nitrogens with one attached hydrogen (secondary N) is 1. The number of benzene rings is 1. The Morgan fingerprint density at radius 3 is 2.47 bits per heavy atom. The largest absolute Gasteiger partial charge is 0.506 e. The van der Waals surface area contributed by atoms with Crippen LogP contribution in [0.3, 0.4) is 0 Å². The van der Waals surface area contributed by atoms with Crippen molar-refractivity contribution < 1.29 is 14.3 Å². The second-order valence-corrected chi connectivity index (χ2v) is 4.74. The van der Waals surface area contributed by atoms with E-state index in [1.165, 1.54) is 12.1 Å². The molecule has 0 saturated heterocycles. The van der Waals surface area contributed by atoms with Crippen LogP contribution in [-0.4, -0.2) is 11.0 Å². The Labute approximate surface area is 116 Å². The first-order valence-corrected chi connectivity index (χ1v) is 6.14. The minimum absolute atomic E-state index is 0.0221. The molecule has 100 valence electrons. The SMILES string of the molecule is Cc1oc(C)c(C(=O)Nc2ccc(O)c(Cl)c2)c1C. The molecule has 1 amide bonds. The van der Waals surface area contributed by atoms with Gasteiger partial charge in [-0.1, -0.05) is 11.6 Å². The van der Waals surface area contributed by atoms with E-state index in [4.69, 9.17) is 16.0 Å². The molecule has 0 bridgehead atoms. The summed E-state index contributed by atoms with van der Waals surface area (Å²) in [4.78, 5) is 12.2. The van der Waals surface area contributed by atoms with E-state index in [-0.39, 0.29) is 16.7 Å². The van der Waals surface area contributed by atoms with E-state index in [1.807, 2.05) is 13.8 Å². The Balaban J connectivity index is 2.28. The monoisotopic (exact) mass is 279 g/mol. The molecule has 0 atom stereocenters. The van der Waals surface area contributed by atoms with Crippen LogP contribution in [0.4, 0.5) is 5.69 Å². The maximum Gasteiger partial charge on any atom is 0.259 e. The fourth-order valence-electron chi connectivity index (χ4n) is 1.91. The van der Waals surface area contributed by atoms with Gasteiger partial charge in [-0.2, -0.15) is 0 Å². The molecule has 0 saturated carbocycles. The first-order chi connectivity index (χ1) is 8.90. The van der Waals surface area contributed by atoms with Gasteiger partial charge in [-0.15, -0.1) is 0 Å². The molecular formula is C14H14ClNO3. The van der Waals surface area contributed by atoms with E-state index in [2.05, 4.69) is 5.32 Å². The summed E-state index contributed by atoms with van der Waals surface area (Å²) in [5.74, 6) is 1.03. The van der Waals surface area contributed by atoms with Crippen LogP contribution in [0.5, 0.6) is 5.75 Å². The van der Waals surface area contributed by atoms with Crippen LogP contribution in [0.25, 0.3) is 0 Å². The van der Waals surface area contributed by atoms with Gasteiger partial charge in [-0.05, 0) is 39.0 Å². The summed E-state index contributed by atoms with van der Waals surface area (Å²) < 4.78 is 5.42. The highest BCUT2D eigenvalue weighted by Crippen LogP contribution is 2.27. The van der Waals surface area contributed by atoms with Gasteiger partial charge in [-0.3, -0.25) is 4.79 Å². The summed E-state index contributed by atoms with van der Waals surface area (Å²) in [6.45, 7) is 5.40. The average Bonchev–Trinajstić information content (AvgIpc) is 2.58. The van der Waals surface area contributed by atoms with Gasteiger partial charge in [-0.25, -0.2) is 0 Å². The molecule has 19 heavy (non-hydrogen) atoms. The molecule has 0 radical (unpaired) electrons. The van der Waals surface area contributed by atoms with Crippen molar-refractivity contribution in [2.24, 2.45) is 0 Å². The molecule has 1 aromatic heterocycles. The van der Waals surface area contributed by atoms with E-state index in [1.54, 1.807) is 13.0 Å². The topological polar surface area (TPSA) is 62.5 Å². The fraction of sp³-hybridized carbons (Fsp3) is 0.214. The first kappa shape index (κ1) is 13.5. The molecule has 1 aromatic carbocycles. The summed E-state index contributed by atoms with van der Waals surface area (Å²) in [5, 5.41) is 12.2. The van der Waals surface area contributed by atoms with Crippen LogP contribution < -0.4 is 5.32 Å². The van der Waals surface area contributed by atoms with Gasteiger partial charge in [0, 0.05) is 11.3 Å². The molecule has 0 aliphatic carbocycles. The number of carbonyl (C=O) groups is 1. The zero-order chi connectivity index (χ0) is 14.2. The molecule has 2 aromatic rings. The number of phenolic OH excluding ortho intramolecular Hbond substituents is 1. The van der Waals surface area contributed by atoms with Crippen molar-refractivity contribution in [1.29, 1.82) is 0 Å². The molecule has 0 fully saturated rings. The van der Waals surface area contributed by atoms with Gasteiger partial charge in [0.25, 0.3) is 5.91 Å². The minimum Gasteiger partial charge on any atom is -0.506 e. The Morgan fingerprint density at radius 1 is 1.26 bits per heavy atom. The molecule has 0 spiro atoms. The molecule has 0 aliphatic rings. The number of carbonyl (C=O) groups excluding carboxylic acids is 1. The number of amides is 1. The second-order valence-electron chi connectivity index (χ2n) is 4.33. The standard InChI is InChI=1S/C14H14ClNO3/c1-7-8(2)19-9(3)13(7)14(18)16-10-4-5-12(17)11(15)6-10/h4-6,17H,1-3H3,(H,16,18). The summed E-state index contributed by atoms with van der Waals surface area (Å²) in [7, 11) is 0. The van der Waals surface area contributed by atoms with E-state index in [0.717, 1.165) is 11.3 Å². The van der Waals surface area contributed by atoms with E-state index < -0.39 is 0 Å². The van der Waals surface area contributed by atoms with Crippen molar-refractivity contribution in [1.82, 2.24) is 0 Å². The number of halogens is 1.